The number of fused-ring (bicyclic) bond motifs is 1. The number of aliphatic carboxylic acids is 1. The number of carbonyl (C=O) groups excluding carboxylic acids is 2. The van der Waals surface area contributed by atoms with Gasteiger partial charge in [-0.2, -0.15) is 0 Å². The molecule has 1 amide bonds. The van der Waals surface area contributed by atoms with Gasteiger partial charge in [0, 0.05) is 11.2 Å². The number of hydrogen-bond donors (Lipinski definition) is 2. The maximum Gasteiger partial charge on any atom is 0.327 e. The summed E-state index contributed by atoms with van der Waals surface area (Å²) in [6, 6.07) is 7.42. The van der Waals surface area contributed by atoms with Crippen molar-refractivity contribution in [2.45, 2.75) is 42.5 Å². The van der Waals surface area contributed by atoms with Gasteiger partial charge in [0.05, 0.1) is 17.3 Å². The number of carbonyl (C=O) groups is 3. The first-order chi connectivity index (χ1) is 11.2. The molecular weight excluding hydrogens is 328 g/mol. The first kappa shape index (κ1) is 17.0. The van der Waals surface area contributed by atoms with Crippen molar-refractivity contribution in [1.82, 2.24) is 4.90 Å². The highest BCUT2D eigenvalue weighted by atomic mass is 32.2. The topological polar surface area (TPSA) is 101 Å². The van der Waals surface area contributed by atoms with Crippen LogP contribution in [0.15, 0.2) is 30.3 Å². The summed E-state index contributed by atoms with van der Waals surface area (Å²) >= 11 is 1.45. The highest BCUT2D eigenvalue weighted by Gasteiger charge is 2.63. The highest BCUT2D eigenvalue weighted by Crippen LogP contribution is 2.54. The standard InChI is InChI=1S/C17H20N2O4S/c1-17(2)13(16(22)23)19-14(21)10(15(19)24-17)8-11(20)12(18)9-6-4-3-5-7-9/h3-7,10,12-13,15H,8,18H2,1-2H3,(H,22,23). The Morgan fingerprint density at radius 2 is 1.96 bits per heavy atom. The second-order valence-electron chi connectivity index (χ2n) is 6.76. The summed E-state index contributed by atoms with van der Waals surface area (Å²) in [4.78, 5) is 37.7. The van der Waals surface area contributed by atoms with Crippen LogP contribution in [0.3, 0.4) is 0 Å². The molecule has 1 aromatic carbocycles. The van der Waals surface area contributed by atoms with E-state index in [9.17, 15) is 19.5 Å². The summed E-state index contributed by atoms with van der Waals surface area (Å²) in [5.74, 6) is -1.95. The molecule has 2 heterocycles. The van der Waals surface area contributed by atoms with E-state index in [1.54, 1.807) is 12.1 Å². The molecule has 2 aliphatic rings. The van der Waals surface area contributed by atoms with Gasteiger partial charge in [0.2, 0.25) is 5.91 Å². The van der Waals surface area contributed by atoms with Crippen molar-refractivity contribution in [1.29, 1.82) is 0 Å². The second kappa shape index (κ2) is 5.89. The zero-order chi connectivity index (χ0) is 17.6. The molecule has 3 N–H and O–H groups in total. The molecule has 0 bridgehead atoms. The number of Topliss-reactive ketones (excluding diaryl/α,β-unsaturated/α-hetero) is 1. The molecule has 0 radical (unpaired) electrons. The Labute approximate surface area is 144 Å². The lowest BCUT2D eigenvalue weighted by atomic mass is 9.86. The molecule has 0 spiro atoms. The number of thioether (sulfide) groups is 1. The molecule has 1 aromatic rings. The molecule has 128 valence electrons. The first-order valence-corrected chi connectivity index (χ1v) is 8.68. The third-order valence-electron chi connectivity index (χ3n) is 4.71. The van der Waals surface area contributed by atoms with Crippen molar-refractivity contribution in [2.75, 3.05) is 0 Å². The van der Waals surface area contributed by atoms with Crippen molar-refractivity contribution in [3.63, 3.8) is 0 Å². The SMILES string of the molecule is CC1(C)SC2C(CC(=O)C(N)c3ccccc3)C(=O)N2C1C(=O)O. The summed E-state index contributed by atoms with van der Waals surface area (Å²) < 4.78 is -0.578. The van der Waals surface area contributed by atoms with E-state index in [4.69, 9.17) is 5.73 Å². The summed E-state index contributed by atoms with van der Waals surface area (Å²) in [5, 5.41) is 9.14. The molecule has 3 rings (SSSR count). The molecule has 7 heteroatoms. The monoisotopic (exact) mass is 348 g/mol. The lowest BCUT2D eigenvalue weighted by molar-refractivity contribution is -0.164. The number of nitrogens with zero attached hydrogens (tertiary/aromatic N) is 1. The smallest absolute Gasteiger partial charge is 0.327 e. The number of ketones is 1. The Morgan fingerprint density at radius 1 is 1.33 bits per heavy atom. The molecule has 6 nitrogen and oxygen atoms in total. The molecule has 0 aromatic heterocycles. The van der Waals surface area contributed by atoms with Gasteiger partial charge in [-0.15, -0.1) is 11.8 Å². The number of amides is 1. The number of rotatable bonds is 5. The van der Waals surface area contributed by atoms with Crippen LogP contribution in [0.5, 0.6) is 0 Å². The van der Waals surface area contributed by atoms with E-state index < -0.39 is 28.7 Å². The van der Waals surface area contributed by atoms with Crippen LogP contribution in [-0.2, 0) is 14.4 Å². The summed E-state index contributed by atoms with van der Waals surface area (Å²) in [6.07, 6.45) is 0.0471. The van der Waals surface area contributed by atoms with E-state index in [0.29, 0.717) is 5.56 Å². The van der Waals surface area contributed by atoms with Crippen molar-refractivity contribution < 1.29 is 19.5 Å². The fourth-order valence-electron chi connectivity index (χ4n) is 3.47. The minimum Gasteiger partial charge on any atom is -0.480 e. The van der Waals surface area contributed by atoms with Crippen LogP contribution in [0.4, 0.5) is 0 Å². The van der Waals surface area contributed by atoms with Gasteiger partial charge >= 0.3 is 5.97 Å². The van der Waals surface area contributed by atoms with Crippen LogP contribution in [0.1, 0.15) is 31.9 Å². The normalized spacial score (nSPS) is 28.9. The molecule has 24 heavy (non-hydrogen) atoms. The molecule has 0 saturated carbocycles. The maximum absolute atomic E-state index is 12.4. The van der Waals surface area contributed by atoms with Crippen molar-refractivity contribution in [3.05, 3.63) is 35.9 Å². The fraction of sp³-hybridized carbons (Fsp3) is 0.471. The van der Waals surface area contributed by atoms with E-state index in [2.05, 4.69) is 0 Å². The zero-order valence-electron chi connectivity index (χ0n) is 13.5. The van der Waals surface area contributed by atoms with Gasteiger partial charge < -0.3 is 15.7 Å². The quantitative estimate of drug-likeness (QED) is 0.780. The summed E-state index contributed by atoms with van der Waals surface area (Å²) in [7, 11) is 0. The molecule has 4 atom stereocenters. The minimum atomic E-state index is -1.01. The molecule has 2 fully saturated rings. The predicted molar refractivity (Wildman–Crippen MR) is 90.2 cm³/mol. The van der Waals surface area contributed by atoms with Crippen molar-refractivity contribution in [2.24, 2.45) is 11.7 Å². The Morgan fingerprint density at radius 3 is 2.54 bits per heavy atom. The Hall–Kier alpha value is -1.86. The third-order valence-corrected chi connectivity index (χ3v) is 6.34. The van der Waals surface area contributed by atoms with E-state index >= 15 is 0 Å². The van der Waals surface area contributed by atoms with E-state index in [1.807, 2.05) is 32.0 Å². The number of hydrogen-bond acceptors (Lipinski definition) is 5. The van der Waals surface area contributed by atoms with Crippen LogP contribution in [0.25, 0.3) is 0 Å². The van der Waals surface area contributed by atoms with E-state index in [-0.39, 0.29) is 23.5 Å². The van der Waals surface area contributed by atoms with Crippen molar-refractivity contribution >= 4 is 29.4 Å². The number of carboxylic acid groups (broad SMARTS) is 1. The van der Waals surface area contributed by atoms with Gasteiger partial charge in [0.25, 0.3) is 0 Å². The summed E-state index contributed by atoms with van der Waals surface area (Å²) in [6.45, 7) is 3.63. The molecule has 4 unspecified atom stereocenters. The van der Waals surface area contributed by atoms with E-state index in [1.165, 1.54) is 16.7 Å². The van der Waals surface area contributed by atoms with Gasteiger partial charge in [0.15, 0.2) is 5.78 Å². The zero-order valence-corrected chi connectivity index (χ0v) is 14.3. The average Bonchev–Trinajstić information content (AvgIpc) is 2.80. The Kier molecular flexibility index (Phi) is 4.17. The Bertz CT molecular complexity index is 691. The second-order valence-corrected chi connectivity index (χ2v) is 8.53. The van der Waals surface area contributed by atoms with Crippen LogP contribution in [0.2, 0.25) is 0 Å². The third kappa shape index (κ3) is 2.61. The number of carboxylic acids is 1. The number of benzene rings is 1. The van der Waals surface area contributed by atoms with Gasteiger partial charge in [-0.05, 0) is 19.4 Å². The molecule has 0 aliphatic carbocycles. The van der Waals surface area contributed by atoms with Crippen molar-refractivity contribution in [3.8, 4) is 0 Å². The summed E-state index contributed by atoms with van der Waals surface area (Å²) in [5.41, 5.74) is 6.72. The lowest BCUT2D eigenvalue weighted by Gasteiger charge is -2.43. The van der Waals surface area contributed by atoms with Gasteiger partial charge in [-0.3, -0.25) is 9.59 Å². The molecular formula is C17H20N2O4S. The number of β-lactam (4-membered cyclic amide) rings is 1. The maximum atomic E-state index is 12.4. The average molecular weight is 348 g/mol. The van der Waals surface area contributed by atoms with Crippen LogP contribution >= 0.6 is 11.8 Å². The lowest BCUT2D eigenvalue weighted by Crippen LogP contribution is -2.63. The van der Waals surface area contributed by atoms with Gasteiger partial charge in [0.1, 0.15) is 6.04 Å². The largest absolute Gasteiger partial charge is 0.480 e. The van der Waals surface area contributed by atoms with Gasteiger partial charge in [-0.1, -0.05) is 30.3 Å². The molecule has 2 aliphatic heterocycles. The van der Waals surface area contributed by atoms with Gasteiger partial charge in [-0.25, -0.2) is 4.79 Å². The predicted octanol–water partition coefficient (Wildman–Crippen LogP) is 1.41. The number of nitrogens with two attached hydrogens (primary N) is 1. The molecule has 2 saturated heterocycles. The first-order valence-electron chi connectivity index (χ1n) is 7.80. The minimum absolute atomic E-state index is 0.0471. The van der Waals surface area contributed by atoms with Crippen LogP contribution < -0.4 is 5.73 Å². The van der Waals surface area contributed by atoms with Crippen LogP contribution in [0, 0.1) is 5.92 Å². The van der Waals surface area contributed by atoms with Crippen LogP contribution in [-0.4, -0.2) is 43.8 Å². The Balaban J connectivity index is 1.71. The van der Waals surface area contributed by atoms with E-state index in [0.717, 1.165) is 0 Å². The fourth-order valence-corrected chi connectivity index (χ4v) is 5.15. The highest BCUT2D eigenvalue weighted by molar-refractivity contribution is 8.01.